The highest BCUT2D eigenvalue weighted by atomic mass is 16.5. The summed E-state index contributed by atoms with van der Waals surface area (Å²) in [5.74, 6) is 3.19. The van der Waals surface area contributed by atoms with E-state index in [2.05, 4.69) is 42.5 Å². The number of hydrogen-bond donors (Lipinski definition) is 0. The van der Waals surface area contributed by atoms with E-state index in [1.54, 1.807) is 0 Å². The molecule has 0 amide bonds. The zero-order valence-electron chi connectivity index (χ0n) is 20.3. The van der Waals surface area contributed by atoms with Gasteiger partial charge < -0.3 is 14.2 Å². The molecule has 3 nitrogen and oxygen atoms in total. The maximum atomic E-state index is 6.53. The van der Waals surface area contributed by atoms with Crippen molar-refractivity contribution < 1.29 is 14.2 Å². The molecule has 37 heavy (non-hydrogen) atoms. The summed E-state index contributed by atoms with van der Waals surface area (Å²) in [4.78, 5) is 0. The molecule has 6 aromatic carbocycles. The van der Waals surface area contributed by atoms with E-state index in [1.165, 1.54) is 0 Å². The van der Waals surface area contributed by atoms with Crippen LogP contribution < -0.4 is 14.2 Å². The minimum Gasteiger partial charge on any atom is -0.488 e. The van der Waals surface area contributed by atoms with Crippen LogP contribution in [0.1, 0.15) is 11.1 Å². The van der Waals surface area contributed by atoms with E-state index in [4.69, 9.17) is 14.2 Å². The Morgan fingerprint density at radius 2 is 0.838 bits per heavy atom. The predicted octanol–water partition coefficient (Wildman–Crippen LogP) is 8.94. The third-order valence-corrected chi connectivity index (χ3v) is 6.33. The summed E-state index contributed by atoms with van der Waals surface area (Å²) in [7, 11) is 0. The van der Waals surface area contributed by atoms with Crippen molar-refractivity contribution >= 4 is 21.5 Å². The van der Waals surface area contributed by atoms with Gasteiger partial charge in [-0.05, 0) is 41.5 Å². The minimum absolute atomic E-state index is 0.466. The molecular weight excluding hydrogens is 456 g/mol. The van der Waals surface area contributed by atoms with Gasteiger partial charge in [-0.25, -0.2) is 0 Å². The lowest BCUT2D eigenvalue weighted by Gasteiger charge is -2.19. The van der Waals surface area contributed by atoms with Crippen LogP contribution in [0.3, 0.4) is 0 Å². The fourth-order valence-electron chi connectivity index (χ4n) is 4.54. The van der Waals surface area contributed by atoms with Gasteiger partial charge in [-0.1, -0.05) is 103 Å². The number of ether oxygens (including phenoxy) is 3. The van der Waals surface area contributed by atoms with E-state index < -0.39 is 0 Å². The maximum Gasteiger partial charge on any atom is 0.135 e. The van der Waals surface area contributed by atoms with E-state index in [1.807, 2.05) is 91.0 Å². The molecule has 0 aliphatic rings. The third-order valence-electron chi connectivity index (χ3n) is 6.33. The predicted molar refractivity (Wildman–Crippen MR) is 150 cm³/mol. The average molecular weight is 483 g/mol. The summed E-state index contributed by atoms with van der Waals surface area (Å²) < 4.78 is 19.2. The van der Waals surface area contributed by atoms with Gasteiger partial charge in [0.2, 0.25) is 0 Å². The molecule has 0 radical (unpaired) electrons. The smallest absolute Gasteiger partial charge is 0.135 e. The normalized spacial score (nSPS) is 10.9. The first-order valence-corrected chi connectivity index (χ1v) is 12.4. The SMILES string of the molecule is c1ccc(COc2c3ccccc3c(OCc3ccccc3)c3cc(Oc4ccccc4)ccc23)cc1. The van der Waals surface area contributed by atoms with Crippen LogP contribution in [0.25, 0.3) is 21.5 Å². The zero-order chi connectivity index (χ0) is 24.9. The highest BCUT2D eigenvalue weighted by molar-refractivity contribution is 6.11. The minimum atomic E-state index is 0.466. The van der Waals surface area contributed by atoms with Crippen molar-refractivity contribution in [2.75, 3.05) is 0 Å². The molecule has 0 heterocycles. The van der Waals surface area contributed by atoms with Gasteiger partial charge in [-0.15, -0.1) is 0 Å². The topological polar surface area (TPSA) is 27.7 Å². The molecule has 6 rings (SSSR count). The molecule has 0 aromatic heterocycles. The average Bonchev–Trinajstić information content (AvgIpc) is 2.96. The molecule has 0 aliphatic carbocycles. The van der Waals surface area contributed by atoms with Crippen molar-refractivity contribution in [3.63, 3.8) is 0 Å². The molecule has 180 valence electrons. The maximum absolute atomic E-state index is 6.53. The van der Waals surface area contributed by atoms with E-state index in [0.29, 0.717) is 13.2 Å². The Labute approximate surface area is 216 Å². The Morgan fingerprint density at radius 1 is 0.378 bits per heavy atom. The van der Waals surface area contributed by atoms with Crippen LogP contribution in [0, 0.1) is 0 Å². The lowest BCUT2D eigenvalue weighted by Crippen LogP contribution is -2.00. The van der Waals surface area contributed by atoms with Crippen molar-refractivity contribution in [1.29, 1.82) is 0 Å². The molecule has 0 unspecified atom stereocenters. The van der Waals surface area contributed by atoms with E-state index in [9.17, 15) is 0 Å². The quantitative estimate of drug-likeness (QED) is 0.203. The van der Waals surface area contributed by atoms with Gasteiger partial charge in [0.05, 0.1) is 0 Å². The highest BCUT2D eigenvalue weighted by Crippen LogP contribution is 2.45. The van der Waals surface area contributed by atoms with Crippen molar-refractivity contribution in [3.05, 3.63) is 145 Å². The van der Waals surface area contributed by atoms with Gasteiger partial charge in [0.25, 0.3) is 0 Å². The van der Waals surface area contributed by atoms with E-state index in [0.717, 1.165) is 55.7 Å². The summed E-state index contributed by atoms with van der Waals surface area (Å²) in [6.45, 7) is 0.945. The Balaban J connectivity index is 1.48. The summed E-state index contributed by atoms with van der Waals surface area (Å²) in [6, 6.07) is 44.6. The van der Waals surface area contributed by atoms with Gasteiger partial charge in [-0.3, -0.25) is 0 Å². The first-order chi connectivity index (χ1) is 18.3. The monoisotopic (exact) mass is 482 g/mol. The van der Waals surface area contributed by atoms with Crippen LogP contribution in [-0.4, -0.2) is 0 Å². The number of rotatable bonds is 8. The molecule has 0 spiro atoms. The van der Waals surface area contributed by atoms with E-state index >= 15 is 0 Å². The van der Waals surface area contributed by atoms with Gasteiger partial charge in [0.15, 0.2) is 0 Å². The van der Waals surface area contributed by atoms with Crippen molar-refractivity contribution in [2.24, 2.45) is 0 Å². The first-order valence-electron chi connectivity index (χ1n) is 12.4. The molecular formula is C34H26O3. The molecule has 3 heteroatoms. The fourth-order valence-corrected chi connectivity index (χ4v) is 4.54. The van der Waals surface area contributed by atoms with Crippen molar-refractivity contribution in [1.82, 2.24) is 0 Å². The van der Waals surface area contributed by atoms with Crippen LogP contribution in [-0.2, 0) is 13.2 Å². The summed E-state index contributed by atoms with van der Waals surface area (Å²) >= 11 is 0. The van der Waals surface area contributed by atoms with Gasteiger partial charge in [-0.2, -0.15) is 0 Å². The van der Waals surface area contributed by atoms with E-state index in [-0.39, 0.29) is 0 Å². The standard InChI is InChI=1S/C34H26O3/c1-4-12-25(13-5-1)23-35-33-29-18-10-11-19-30(29)34(36-24-26-14-6-2-7-15-26)32-22-28(20-21-31(32)33)37-27-16-8-3-9-17-27/h1-22H,23-24H2. The molecule has 0 atom stereocenters. The Morgan fingerprint density at radius 3 is 1.41 bits per heavy atom. The summed E-state index contributed by atoms with van der Waals surface area (Å²) in [6.07, 6.45) is 0. The van der Waals surface area contributed by atoms with Crippen LogP contribution >= 0.6 is 0 Å². The fraction of sp³-hybridized carbons (Fsp3) is 0.0588. The number of hydrogen-bond acceptors (Lipinski definition) is 3. The molecule has 0 aliphatic heterocycles. The molecule has 6 aromatic rings. The lowest BCUT2D eigenvalue weighted by molar-refractivity contribution is 0.308. The molecule has 0 N–H and O–H groups in total. The van der Waals surface area contributed by atoms with Crippen LogP contribution in [0.2, 0.25) is 0 Å². The lowest BCUT2D eigenvalue weighted by atomic mass is 10.00. The molecule has 0 saturated carbocycles. The van der Waals surface area contributed by atoms with Crippen molar-refractivity contribution in [3.8, 4) is 23.0 Å². The summed E-state index contributed by atoms with van der Waals surface area (Å²) in [5, 5.41) is 3.96. The third kappa shape index (κ3) is 4.98. The molecule has 0 saturated heterocycles. The molecule has 0 fully saturated rings. The van der Waals surface area contributed by atoms with Crippen LogP contribution in [0.5, 0.6) is 23.0 Å². The van der Waals surface area contributed by atoms with Gasteiger partial charge in [0.1, 0.15) is 36.2 Å². The van der Waals surface area contributed by atoms with Gasteiger partial charge in [0, 0.05) is 21.5 Å². The summed E-state index contributed by atoms with van der Waals surface area (Å²) in [5.41, 5.74) is 2.23. The second-order valence-corrected chi connectivity index (χ2v) is 8.87. The molecule has 0 bridgehead atoms. The zero-order valence-corrected chi connectivity index (χ0v) is 20.3. The van der Waals surface area contributed by atoms with Crippen LogP contribution in [0.4, 0.5) is 0 Å². The second kappa shape index (κ2) is 10.5. The number of fused-ring (bicyclic) bond motifs is 2. The largest absolute Gasteiger partial charge is 0.488 e. The first kappa shape index (κ1) is 22.7. The number of benzene rings is 6. The van der Waals surface area contributed by atoms with Gasteiger partial charge >= 0.3 is 0 Å². The second-order valence-electron chi connectivity index (χ2n) is 8.87. The number of para-hydroxylation sites is 1. The Hall–Kier alpha value is -4.76. The highest BCUT2D eigenvalue weighted by Gasteiger charge is 2.17. The van der Waals surface area contributed by atoms with Crippen LogP contribution in [0.15, 0.2) is 133 Å². The Kier molecular flexibility index (Phi) is 6.42. The van der Waals surface area contributed by atoms with Crippen molar-refractivity contribution in [2.45, 2.75) is 13.2 Å². The Bertz CT molecular complexity index is 1630.